The van der Waals surface area contributed by atoms with E-state index in [1.807, 2.05) is 0 Å². The zero-order valence-corrected chi connectivity index (χ0v) is 8.70. The number of aliphatic hydroxyl groups is 1. The van der Waals surface area contributed by atoms with Crippen LogP contribution in [0.1, 0.15) is 0 Å². The van der Waals surface area contributed by atoms with Crippen LogP contribution >= 0.6 is 0 Å². The van der Waals surface area contributed by atoms with Gasteiger partial charge in [0.25, 0.3) is 11.0 Å². The lowest BCUT2D eigenvalue weighted by Gasteiger charge is -2.02. The van der Waals surface area contributed by atoms with Crippen LogP contribution in [0.3, 0.4) is 0 Å². The van der Waals surface area contributed by atoms with Crippen LogP contribution in [0.5, 0.6) is 0 Å². The summed E-state index contributed by atoms with van der Waals surface area (Å²) < 4.78 is 52.9. The Kier molecular flexibility index (Phi) is 6.96. The molecule has 0 unspecified atom stereocenters. The van der Waals surface area contributed by atoms with Crippen molar-refractivity contribution in [3.8, 4) is 0 Å². The molecule has 0 fully saturated rings. The highest BCUT2D eigenvalue weighted by Gasteiger charge is 2.12. The summed E-state index contributed by atoms with van der Waals surface area (Å²) in [4.78, 5) is 0. The van der Waals surface area contributed by atoms with Crippen molar-refractivity contribution in [1.29, 1.82) is 0 Å². The van der Waals surface area contributed by atoms with Crippen molar-refractivity contribution in [3.63, 3.8) is 0 Å². The van der Waals surface area contributed by atoms with Crippen LogP contribution in [-0.4, -0.2) is 48.4 Å². The summed E-state index contributed by atoms with van der Waals surface area (Å²) in [5.41, 5.74) is 0. The highest BCUT2D eigenvalue weighted by Crippen LogP contribution is 1.95. The summed E-state index contributed by atoms with van der Waals surface area (Å²) in [5, 5.41) is 8.26. The van der Waals surface area contributed by atoms with Crippen molar-refractivity contribution < 1.29 is 34.5 Å². The average molecular weight is 250 g/mol. The molecule has 0 amide bonds. The van der Waals surface area contributed by atoms with Gasteiger partial charge in [0.2, 0.25) is 0 Å². The van der Waals surface area contributed by atoms with Crippen LogP contribution in [0.2, 0.25) is 0 Å². The lowest BCUT2D eigenvalue weighted by atomic mass is 10.7. The van der Waals surface area contributed by atoms with E-state index < -0.39 is 21.4 Å². The summed E-state index contributed by atoms with van der Waals surface area (Å²) in [5.74, 6) is 0. The molecule has 0 saturated carbocycles. The van der Waals surface area contributed by atoms with E-state index in [0.29, 0.717) is 0 Å². The molecule has 0 radical (unpaired) electrons. The fraction of sp³-hybridized carbons (Fsp3) is 1.00. The van der Waals surface area contributed by atoms with Gasteiger partial charge in [0.15, 0.2) is 0 Å². The molecule has 8 nitrogen and oxygen atoms in total. The first-order valence-corrected chi connectivity index (χ1v) is 5.83. The van der Waals surface area contributed by atoms with Gasteiger partial charge < -0.3 is 9.84 Å². The van der Waals surface area contributed by atoms with Gasteiger partial charge in [-0.25, -0.2) is 12.6 Å². The number of ether oxygens (including phenoxy) is 1. The van der Waals surface area contributed by atoms with Gasteiger partial charge in [-0.2, -0.15) is 8.42 Å². The molecule has 86 valence electrons. The Bertz CT molecular complexity index is 295. The zero-order valence-electron chi connectivity index (χ0n) is 6.99. The Morgan fingerprint density at radius 3 is 2.29 bits per heavy atom. The SMILES string of the molecule is O=[SH](=O)OS(=O)(=O)OCCOCCO. The molecular formula is C4H10O8S2. The fourth-order valence-corrected chi connectivity index (χ4v) is 1.50. The Hall–Kier alpha value is -0.260. The zero-order chi connectivity index (χ0) is 11.0. The number of aliphatic hydroxyl groups excluding tert-OH is 1. The van der Waals surface area contributed by atoms with Gasteiger partial charge in [-0.3, -0.25) is 0 Å². The number of rotatable bonds is 8. The Morgan fingerprint density at radius 1 is 1.14 bits per heavy atom. The predicted octanol–water partition coefficient (Wildman–Crippen LogP) is -2.20. The van der Waals surface area contributed by atoms with E-state index in [9.17, 15) is 16.8 Å². The smallest absolute Gasteiger partial charge is 0.394 e. The second kappa shape index (κ2) is 7.09. The maximum absolute atomic E-state index is 10.5. The minimum absolute atomic E-state index is 0.0418. The number of thiol groups is 1. The van der Waals surface area contributed by atoms with Crippen molar-refractivity contribution in [2.75, 3.05) is 26.4 Å². The molecule has 0 aromatic heterocycles. The predicted molar refractivity (Wildman–Crippen MR) is 44.2 cm³/mol. The minimum atomic E-state index is -4.51. The van der Waals surface area contributed by atoms with E-state index in [1.165, 1.54) is 0 Å². The molecule has 0 aliphatic heterocycles. The van der Waals surface area contributed by atoms with Crippen molar-refractivity contribution in [1.82, 2.24) is 0 Å². The molecule has 0 rings (SSSR count). The molecule has 0 saturated heterocycles. The summed E-state index contributed by atoms with van der Waals surface area (Å²) in [7, 11) is -8.02. The number of hydrogen-bond acceptors (Lipinski definition) is 8. The van der Waals surface area contributed by atoms with Crippen molar-refractivity contribution >= 4 is 21.4 Å². The fourth-order valence-electron chi connectivity index (χ4n) is 0.458. The molecule has 0 aliphatic carbocycles. The van der Waals surface area contributed by atoms with Crippen LogP contribution in [-0.2, 0) is 33.9 Å². The van der Waals surface area contributed by atoms with Crippen LogP contribution in [0.25, 0.3) is 0 Å². The summed E-state index contributed by atoms with van der Waals surface area (Å²) in [6, 6.07) is 0. The van der Waals surface area contributed by atoms with E-state index in [4.69, 9.17) is 5.11 Å². The largest absolute Gasteiger partial charge is 0.414 e. The molecule has 0 atom stereocenters. The highest BCUT2D eigenvalue weighted by atomic mass is 32.3. The normalized spacial score (nSPS) is 12.1. The minimum Gasteiger partial charge on any atom is -0.394 e. The second-order valence-electron chi connectivity index (χ2n) is 1.86. The summed E-state index contributed by atoms with van der Waals surface area (Å²) in [6.07, 6.45) is 0. The van der Waals surface area contributed by atoms with Gasteiger partial charge >= 0.3 is 10.4 Å². The molecule has 0 aromatic rings. The lowest BCUT2D eigenvalue weighted by molar-refractivity contribution is 0.0697. The Morgan fingerprint density at radius 2 is 1.79 bits per heavy atom. The third-order valence-electron chi connectivity index (χ3n) is 0.843. The van der Waals surface area contributed by atoms with Crippen LogP contribution in [0.15, 0.2) is 0 Å². The van der Waals surface area contributed by atoms with E-state index in [2.05, 4.69) is 12.5 Å². The van der Waals surface area contributed by atoms with Crippen molar-refractivity contribution in [2.24, 2.45) is 0 Å². The number of hydrogen-bond donors (Lipinski definition) is 2. The van der Waals surface area contributed by atoms with E-state index in [-0.39, 0.29) is 26.4 Å². The summed E-state index contributed by atoms with van der Waals surface area (Å²) in [6.45, 7) is -0.639. The third-order valence-corrected chi connectivity index (χ3v) is 2.52. The van der Waals surface area contributed by atoms with Crippen LogP contribution < -0.4 is 0 Å². The molecule has 0 heterocycles. The van der Waals surface area contributed by atoms with Gasteiger partial charge in [-0.1, -0.05) is 0 Å². The molecule has 10 heteroatoms. The first kappa shape index (κ1) is 13.7. The highest BCUT2D eigenvalue weighted by molar-refractivity contribution is 7.89. The standard InChI is InChI=1S/C4H10O8S2/c5-1-2-10-3-4-11-14(8,9)12-13(6)7/h5,13H,1-4H2. The second-order valence-corrected chi connectivity index (χ2v) is 3.96. The Balaban J connectivity index is 3.67. The molecular weight excluding hydrogens is 240 g/mol. The summed E-state index contributed by atoms with van der Waals surface area (Å²) >= 11 is 0. The molecule has 0 bridgehead atoms. The van der Waals surface area contributed by atoms with Gasteiger partial charge in [0, 0.05) is 0 Å². The maximum atomic E-state index is 10.5. The van der Waals surface area contributed by atoms with E-state index in [1.54, 1.807) is 0 Å². The monoisotopic (exact) mass is 250 g/mol. The van der Waals surface area contributed by atoms with E-state index >= 15 is 0 Å². The first-order valence-electron chi connectivity index (χ1n) is 3.40. The first-order chi connectivity index (χ1) is 6.48. The Labute approximate surface area is 82.9 Å². The van der Waals surface area contributed by atoms with Crippen molar-refractivity contribution in [3.05, 3.63) is 0 Å². The average Bonchev–Trinajstić information content (AvgIpc) is 2.01. The maximum Gasteiger partial charge on any atom is 0.414 e. The molecule has 0 aliphatic rings. The molecule has 1 N–H and O–H groups in total. The lowest BCUT2D eigenvalue weighted by Crippen LogP contribution is -2.14. The van der Waals surface area contributed by atoms with Gasteiger partial charge in [-0.05, 0) is 0 Å². The molecule has 0 spiro atoms. The van der Waals surface area contributed by atoms with E-state index in [0.717, 1.165) is 0 Å². The molecule has 0 aromatic carbocycles. The van der Waals surface area contributed by atoms with Gasteiger partial charge in [0.1, 0.15) is 0 Å². The van der Waals surface area contributed by atoms with Crippen LogP contribution in [0, 0.1) is 0 Å². The topological polar surface area (TPSA) is 116 Å². The third kappa shape index (κ3) is 8.34. The van der Waals surface area contributed by atoms with Crippen LogP contribution in [0.4, 0.5) is 0 Å². The van der Waals surface area contributed by atoms with Gasteiger partial charge in [-0.15, -0.1) is 3.63 Å². The molecule has 14 heavy (non-hydrogen) atoms. The quantitative estimate of drug-likeness (QED) is 0.368. The van der Waals surface area contributed by atoms with Crippen molar-refractivity contribution in [2.45, 2.75) is 0 Å². The van der Waals surface area contributed by atoms with Gasteiger partial charge in [0.05, 0.1) is 26.4 Å².